The lowest BCUT2D eigenvalue weighted by molar-refractivity contribution is -0.112. The van der Waals surface area contributed by atoms with E-state index in [2.05, 4.69) is 31.2 Å². The van der Waals surface area contributed by atoms with Crippen molar-refractivity contribution in [1.82, 2.24) is 19.9 Å². The monoisotopic (exact) mass is 415 g/mol. The second kappa shape index (κ2) is 9.06. The van der Waals surface area contributed by atoms with Crippen molar-refractivity contribution in [3.63, 3.8) is 0 Å². The molecule has 158 valence electrons. The van der Waals surface area contributed by atoms with Gasteiger partial charge in [0.25, 0.3) is 5.91 Å². The van der Waals surface area contributed by atoms with Crippen LogP contribution in [0.4, 0.5) is 5.82 Å². The van der Waals surface area contributed by atoms with Gasteiger partial charge in [-0.2, -0.15) is 0 Å². The zero-order valence-electron chi connectivity index (χ0n) is 17.9. The van der Waals surface area contributed by atoms with E-state index in [4.69, 9.17) is 4.74 Å². The molecule has 7 heteroatoms. The third kappa shape index (κ3) is 4.62. The smallest absolute Gasteiger partial charge is 0.256 e. The number of rotatable bonds is 6. The van der Waals surface area contributed by atoms with E-state index in [0.717, 1.165) is 24.1 Å². The minimum atomic E-state index is -0.209. The summed E-state index contributed by atoms with van der Waals surface area (Å²) in [4.78, 5) is 28.4. The molecule has 1 N–H and O–H groups in total. The number of benzene rings is 1. The number of hydrogen-bond donors (Lipinski definition) is 1. The fourth-order valence-electron chi connectivity index (χ4n) is 3.65. The van der Waals surface area contributed by atoms with Crippen LogP contribution in [0.5, 0.6) is 5.88 Å². The van der Waals surface area contributed by atoms with E-state index in [0.29, 0.717) is 34.2 Å². The van der Waals surface area contributed by atoms with Crippen molar-refractivity contribution in [3.05, 3.63) is 66.5 Å². The molecular weight excluding hydrogens is 390 g/mol. The number of ether oxygens (including phenoxy) is 1. The number of methoxy groups -OCH3 is 1. The maximum atomic E-state index is 12.7. The summed E-state index contributed by atoms with van der Waals surface area (Å²) in [5, 5.41) is 2.84. The summed E-state index contributed by atoms with van der Waals surface area (Å²) in [5.41, 5.74) is 3.63. The third-order valence-electron chi connectivity index (χ3n) is 5.11. The number of aromatic nitrogens is 3. The minimum Gasteiger partial charge on any atom is -0.479 e. The Hall–Kier alpha value is -3.58. The number of pyridine rings is 1. The molecular formula is C24H25N5O2. The number of carbonyl (C=O) groups is 1. The van der Waals surface area contributed by atoms with E-state index in [1.807, 2.05) is 56.6 Å². The molecule has 3 aromatic rings. The van der Waals surface area contributed by atoms with Crippen LogP contribution in [0.15, 0.2) is 66.5 Å². The number of fused-ring (bicyclic) bond motifs is 1. The molecule has 1 aliphatic carbocycles. The average Bonchev–Trinajstić information content (AvgIpc) is 2.79. The highest BCUT2D eigenvalue weighted by molar-refractivity contribution is 6.06. The molecule has 1 aromatic carbocycles. The predicted octanol–water partition coefficient (Wildman–Crippen LogP) is 3.70. The fourth-order valence-corrected chi connectivity index (χ4v) is 3.65. The van der Waals surface area contributed by atoms with E-state index < -0.39 is 0 Å². The van der Waals surface area contributed by atoms with Gasteiger partial charge in [-0.05, 0) is 32.0 Å². The van der Waals surface area contributed by atoms with Gasteiger partial charge in [-0.15, -0.1) is 0 Å². The molecule has 0 spiro atoms. The van der Waals surface area contributed by atoms with E-state index in [-0.39, 0.29) is 5.91 Å². The van der Waals surface area contributed by atoms with Crippen LogP contribution >= 0.6 is 0 Å². The van der Waals surface area contributed by atoms with Gasteiger partial charge in [0.15, 0.2) is 11.3 Å². The SMILES string of the molecule is COc1ncc(-c2ccccc2)c2ncc(NC(=O)C3=CCC(CN(C)C)C=C3)nc12. The van der Waals surface area contributed by atoms with Gasteiger partial charge in [0.2, 0.25) is 5.88 Å². The highest BCUT2D eigenvalue weighted by Crippen LogP contribution is 2.30. The van der Waals surface area contributed by atoms with Gasteiger partial charge < -0.3 is 15.0 Å². The van der Waals surface area contributed by atoms with Crippen LogP contribution in [0.25, 0.3) is 22.2 Å². The molecule has 1 atom stereocenters. The Morgan fingerprint density at radius 2 is 1.97 bits per heavy atom. The topological polar surface area (TPSA) is 80.2 Å². The molecule has 0 fully saturated rings. The van der Waals surface area contributed by atoms with Crippen LogP contribution in [0.1, 0.15) is 6.42 Å². The number of amides is 1. The number of allylic oxidation sites excluding steroid dienone is 1. The Morgan fingerprint density at radius 1 is 1.16 bits per heavy atom. The Morgan fingerprint density at radius 3 is 2.65 bits per heavy atom. The van der Waals surface area contributed by atoms with Gasteiger partial charge in [-0.3, -0.25) is 4.79 Å². The second-order valence-electron chi connectivity index (χ2n) is 7.73. The summed E-state index contributed by atoms with van der Waals surface area (Å²) in [7, 11) is 5.63. The first-order valence-corrected chi connectivity index (χ1v) is 10.1. The van der Waals surface area contributed by atoms with Crippen LogP contribution in [0.2, 0.25) is 0 Å². The maximum Gasteiger partial charge on any atom is 0.256 e. The number of carbonyl (C=O) groups excluding carboxylic acids is 1. The third-order valence-corrected chi connectivity index (χ3v) is 5.11. The largest absolute Gasteiger partial charge is 0.479 e. The van der Waals surface area contributed by atoms with Crippen molar-refractivity contribution in [2.45, 2.75) is 6.42 Å². The molecule has 0 saturated heterocycles. The van der Waals surface area contributed by atoms with Gasteiger partial charge in [-0.1, -0.05) is 48.6 Å². The summed E-state index contributed by atoms with van der Waals surface area (Å²) in [6, 6.07) is 9.86. The highest BCUT2D eigenvalue weighted by atomic mass is 16.5. The van der Waals surface area contributed by atoms with Crippen molar-refractivity contribution in [1.29, 1.82) is 0 Å². The molecule has 1 aliphatic rings. The predicted molar refractivity (Wildman–Crippen MR) is 122 cm³/mol. The lowest BCUT2D eigenvalue weighted by Gasteiger charge is -2.19. The van der Waals surface area contributed by atoms with Gasteiger partial charge in [-0.25, -0.2) is 15.0 Å². The van der Waals surface area contributed by atoms with Gasteiger partial charge in [0.05, 0.1) is 13.3 Å². The number of anilines is 1. The number of nitrogens with one attached hydrogen (secondary N) is 1. The molecule has 4 rings (SSSR count). The zero-order chi connectivity index (χ0) is 21.8. The standard InChI is InChI=1S/C24H25N5O2/c1-29(2)15-16-9-11-18(12-10-16)23(30)28-20-14-25-21-19(17-7-5-4-6-8-17)13-26-24(31-3)22(21)27-20/h4-9,11-14,16H,10,15H2,1-3H3,(H,27,28,30). The number of hydrogen-bond acceptors (Lipinski definition) is 6. The molecule has 0 radical (unpaired) electrons. The quantitative estimate of drug-likeness (QED) is 0.661. The Kier molecular flexibility index (Phi) is 6.04. The molecule has 1 amide bonds. The van der Waals surface area contributed by atoms with Crippen molar-refractivity contribution in [2.75, 3.05) is 33.1 Å². The van der Waals surface area contributed by atoms with Crippen LogP contribution in [-0.4, -0.2) is 53.5 Å². The fraction of sp³-hybridized carbons (Fsp3) is 0.250. The summed E-state index contributed by atoms with van der Waals surface area (Å²) < 4.78 is 5.39. The Balaban J connectivity index is 1.59. The first-order valence-electron chi connectivity index (χ1n) is 10.1. The molecule has 0 aliphatic heterocycles. The van der Waals surface area contributed by atoms with Crippen molar-refractivity contribution in [2.24, 2.45) is 5.92 Å². The zero-order valence-corrected chi connectivity index (χ0v) is 17.9. The van der Waals surface area contributed by atoms with Crippen molar-refractivity contribution >= 4 is 22.8 Å². The summed E-state index contributed by atoms with van der Waals surface area (Å²) >= 11 is 0. The molecule has 0 saturated carbocycles. The Labute approximate surface area is 181 Å². The van der Waals surface area contributed by atoms with E-state index in [9.17, 15) is 4.79 Å². The van der Waals surface area contributed by atoms with Gasteiger partial charge in [0, 0.05) is 23.9 Å². The maximum absolute atomic E-state index is 12.7. The number of nitrogens with zero attached hydrogens (tertiary/aromatic N) is 4. The molecule has 7 nitrogen and oxygen atoms in total. The van der Waals surface area contributed by atoms with E-state index >= 15 is 0 Å². The molecule has 2 aromatic heterocycles. The van der Waals surface area contributed by atoms with Gasteiger partial charge >= 0.3 is 0 Å². The van der Waals surface area contributed by atoms with Crippen LogP contribution in [-0.2, 0) is 4.79 Å². The normalized spacial score (nSPS) is 15.7. The van der Waals surface area contributed by atoms with Crippen LogP contribution in [0.3, 0.4) is 0 Å². The first-order chi connectivity index (χ1) is 15.0. The lowest BCUT2D eigenvalue weighted by atomic mass is 9.96. The van der Waals surface area contributed by atoms with Gasteiger partial charge in [0.1, 0.15) is 5.52 Å². The summed E-state index contributed by atoms with van der Waals surface area (Å²) in [5.74, 6) is 0.923. The second-order valence-corrected chi connectivity index (χ2v) is 7.73. The van der Waals surface area contributed by atoms with Crippen LogP contribution in [0, 0.1) is 5.92 Å². The Bertz CT molecular complexity index is 1160. The average molecular weight is 415 g/mol. The molecule has 0 bridgehead atoms. The molecule has 1 unspecified atom stereocenters. The molecule has 2 heterocycles. The van der Waals surface area contributed by atoms with E-state index in [1.54, 1.807) is 19.5 Å². The summed E-state index contributed by atoms with van der Waals surface area (Å²) in [6.45, 7) is 0.953. The van der Waals surface area contributed by atoms with E-state index in [1.165, 1.54) is 0 Å². The summed E-state index contributed by atoms with van der Waals surface area (Å²) in [6.07, 6.45) is 10.0. The minimum absolute atomic E-state index is 0.209. The first kappa shape index (κ1) is 20.7. The lowest BCUT2D eigenvalue weighted by Crippen LogP contribution is -2.22. The van der Waals surface area contributed by atoms with Crippen molar-refractivity contribution in [3.8, 4) is 17.0 Å². The van der Waals surface area contributed by atoms with Crippen LogP contribution < -0.4 is 10.1 Å². The molecule has 31 heavy (non-hydrogen) atoms. The van der Waals surface area contributed by atoms with Crippen molar-refractivity contribution < 1.29 is 9.53 Å². The highest BCUT2D eigenvalue weighted by Gasteiger charge is 2.17.